The van der Waals surface area contributed by atoms with E-state index in [-0.39, 0.29) is 0 Å². The molecule has 0 amide bonds. The van der Waals surface area contributed by atoms with Crippen molar-refractivity contribution in [2.75, 3.05) is 0 Å². The number of hydrogen-bond acceptors (Lipinski definition) is 2. The zero-order valence-corrected chi connectivity index (χ0v) is 18.2. The topological polar surface area (TPSA) is 35.6 Å². The Balaban J connectivity index is 1.87. The second-order valence-corrected chi connectivity index (χ2v) is 8.06. The zero-order chi connectivity index (χ0) is 20.7. The molecule has 2 aromatic carbocycles. The van der Waals surface area contributed by atoms with Crippen molar-refractivity contribution in [3.8, 4) is 22.5 Å². The highest BCUT2D eigenvalue weighted by molar-refractivity contribution is 6.31. The summed E-state index contributed by atoms with van der Waals surface area (Å²) in [6.07, 6.45) is 0. The normalized spacial score (nSPS) is 11.2. The highest BCUT2D eigenvalue weighted by Crippen LogP contribution is 2.32. The van der Waals surface area contributed by atoms with E-state index in [2.05, 4.69) is 74.4 Å². The largest absolute Gasteiger partial charge is 0.246 e. The molecule has 2 aromatic heterocycles. The summed E-state index contributed by atoms with van der Waals surface area (Å²) in [5.74, 6) is 0. The van der Waals surface area contributed by atoms with Gasteiger partial charge in [0.2, 0.25) is 0 Å². The Bertz CT molecular complexity index is 1170. The number of aryl methyl sites for hydroxylation is 3. The minimum Gasteiger partial charge on any atom is -0.246 e. The highest BCUT2D eigenvalue weighted by Gasteiger charge is 2.19. The first-order valence-electron chi connectivity index (χ1n) is 9.76. The van der Waals surface area contributed by atoms with E-state index in [0.29, 0.717) is 11.7 Å². The lowest BCUT2D eigenvalue weighted by molar-refractivity contribution is 0.496. The molecule has 4 nitrogen and oxygen atoms in total. The van der Waals surface area contributed by atoms with E-state index in [1.807, 2.05) is 23.2 Å². The zero-order valence-electron chi connectivity index (χ0n) is 17.5. The van der Waals surface area contributed by atoms with Gasteiger partial charge in [0.05, 0.1) is 27.8 Å². The van der Waals surface area contributed by atoms with Crippen LogP contribution < -0.4 is 0 Å². The average molecular weight is 405 g/mol. The molecule has 0 aliphatic carbocycles. The molecular weight excluding hydrogens is 380 g/mol. The van der Waals surface area contributed by atoms with E-state index in [9.17, 15) is 0 Å². The van der Waals surface area contributed by atoms with Crippen LogP contribution in [0.2, 0.25) is 5.02 Å². The standard InChI is InChI=1S/C24H25ClN4/c1-15-6-10-20(11-7-15)23-17(3)24(21-12-8-16(2)9-13-21)29(27-23)14-28-19(5)22(25)18(4)26-28/h6-13H,14H2,1-5H3. The summed E-state index contributed by atoms with van der Waals surface area (Å²) in [4.78, 5) is 0. The third kappa shape index (κ3) is 3.60. The molecule has 0 atom stereocenters. The maximum Gasteiger partial charge on any atom is 0.134 e. The highest BCUT2D eigenvalue weighted by atomic mass is 35.5. The summed E-state index contributed by atoms with van der Waals surface area (Å²) in [6, 6.07) is 17.1. The predicted molar refractivity (Wildman–Crippen MR) is 119 cm³/mol. The van der Waals surface area contributed by atoms with Gasteiger partial charge in [-0.1, -0.05) is 71.3 Å². The van der Waals surface area contributed by atoms with Crippen LogP contribution in [0.1, 0.15) is 28.1 Å². The van der Waals surface area contributed by atoms with E-state index in [4.69, 9.17) is 16.7 Å². The molecule has 0 N–H and O–H groups in total. The molecule has 0 radical (unpaired) electrons. The molecule has 4 aromatic rings. The molecule has 0 aliphatic heterocycles. The Morgan fingerprint density at radius 1 is 0.724 bits per heavy atom. The lowest BCUT2D eigenvalue weighted by atomic mass is 10.0. The fourth-order valence-electron chi connectivity index (χ4n) is 3.66. The van der Waals surface area contributed by atoms with Crippen LogP contribution in [0, 0.1) is 34.6 Å². The van der Waals surface area contributed by atoms with Crippen molar-refractivity contribution >= 4 is 11.6 Å². The van der Waals surface area contributed by atoms with Gasteiger partial charge in [0.15, 0.2) is 0 Å². The number of hydrogen-bond donors (Lipinski definition) is 0. The average Bonchev–Trinajstić information content (AvgIpc) is 3.15. The molecule has 0 aliphatic rings. The van der Waals surface area contributed by atoms with Gasteiger partial charge in [0.1, 0.15) is 6.67 Å². The van der Waals surface area contributed by atoms with Crippen LogP contribution in [-0.2, 0) is 6.67 Å². The van der Waals surface area contributed by atoms with Crippen LogP contribution in [0.15, 0.2) is 48.5 Å². The molecule has 0 saturated carbocycles. The molecule has 4 rings (SSSR count). The fraction of sp³-hybridized carbons (Fsp3) is 0.250. The van der Waals surface area contributed by atoms with Crippen molar-refractivity contribution in [2.24, 2.45) is 0 Å². The van der Waals surface area contributed by atoms with Gasteiger partial charge in [-0.25, -0.2) is 9.36 Å². The van der Waals surface area contributed by atoms with Crippen LogP contribution >= 0.6 is 11.6 Å². The Morgan fingerprint density at radius 2 is 1.28 bits per heavy atom. The second-order valence-electron chi connectivity index (χ2n) is 7.68. The maximum atomic E-state index is 6.37. The number of rotatable bonds is 4. The predicted octanol–water partition coefficient (Wildman–Crippen LogP) is 6.11. The molecule has 0 bridgehead atoms. The Labute approximate surface area is 176 Å². The summed E-state index contributed by atoms with van der Waals surface area (Å²) in [5, 5.41) is 10.3. The Kier molecular flexibility index (Phi) is 5.05. The van der Waals surface area contributed by atoms with Crippen molar-refractivity contribution in [1.82, 2.24) is 19.6 Å². The van der Waals surface area contributed by atoms with E-state index >= 15 is 0 Å². The van der Waals surface area contributed by atoms with Gasteiger partial charge in [-0.3, -0.25) is 0 Å². The summed E-state index contributed by atoms with van der Waals surface area (Å²) >= 11 is 6.37. The number of nitrogens with zero attached hydrogens (tertiary/aromatic N) is 4. The number of benzene rings is 2. The Hall–Kier alpha value is -2.85. The van der Waals surface area contributed by atoms with Crippen molar-refractivity contribution in [2.45, 2.75) is 41.3 Å². The smallest absolute Gasteiger partial charge is 0.134 e. The molecule has 5 heteroatoms. The first-order valence-corrected chi connectivity index (χ1v) is 10.1. The minimum atomic E-state index is 0.509. The first-order chi connectivity index (χ1) is 13.8. The van der Waals surface area contributed by atoms with Crippen LogP contribution in [0.4, 0.5) is 0 Å². The Morgan fingerprint density at radius 3 is 1.79 bits per heavy atom. The molecule has 0 saturated heterocycles. The molecule has 2 heterocycles. The van der Waals surface area contributed by atoms with Crippen molar-refractivity contribution in [1.29, 1.82) is 0 Å². The van der Waals surface area contributed by atoms with E-state index in [0.717, 1.165) is 39.5 Å². The minimum absolute atomic E-state index is 0.509. The van der Waals surface area contributed by atoms with E-state index < -0.39 is 0 Å². The maximum absolute atomic E-state index is 6.37. The van der Waals surface area contributed by atoms with Gasteiger partial charge < -0.3 is 0 Å². The summed E-state index contributed by atoms with van der Waals surface area (Å²) < 4.78 is 3.95. The fourth-order valence-corrected chi connectivity index (χ4v) is 3.79. The summed E-state index contributed by atoms with van der Waals surface area (Å²) in [7, 11) is 0. The molecule has 0 spiro atoms. The molecule has 29 heavy (non-hydrogen) atoms. The van der Waals surface area contributed by atoms with Gasteiger partial charge in [-0.15, -0.1) is 0 Å². The van der Waals surface area contributed by atoms with E-state index in [1.54, 1.807) is 0 Å². The molecule has 0 unspecified atom stereocenters. The quantitative estimate of drug-likeness (QED) is 0.411. The van der Waals surface area contributed by atoms with Crippen LogP contribution in [0.3, 0.4) is 0 Å². The van der Waals surface area contributed by atoms with Gasteiger partial charge in [-0.05, 0) is 34.6 Å². The lowest BCUT2D eigenvalue weighted by Gasteiger charge is -2.10. The lowest BCUT2D eigenvalue weighted by Crippen LogP contribution is -2.13. The third-order valence-corrected chi connectivity index (χ3v) is 5.95. The monoisotopic (exact) mass is 404 g/mol. The van der Waals surface area contributed by atoms with Gasteiger partial charge in [-0.2, -0.15) is 10.2 Å². The van der Waals surface area contributed by atoms with Crippen LogP contribution in [0.25, 0.3) is 22.5 Å². The van der Waals surface area contributed by atoms with Gasteiger partial charge in [0.25, 0.3) is 0 Å². The van der Waals surface area contributed by atoms with Crippen LogP contribution in [-0.4, -0.2) is 19.6 Å². The van der Waals surface area contributed by atoms with Gasteiger partial charge in [0, 0.05) is 16.7 Å². The number of halogens is 1. The van der Waals surface area contributed by atoms with Crippen molar-refractivity contribution < 1.29 is 0 Å². The molecular formula is C24H25ClN4. The van der Waals surface area contributed by atoms with Crippen molar-refractivity contribution in [3.63, 3.8) is 0 Å². The third-order valence-electron chi connectivity index (χ3n) is 5.40. The first kappa shape index (κ1) is 19.5. The molecule has 148 valence electrons. The molecule has 0 fully saturated rings. The SMILES string of the molecule is Cc1ccc(-c2nn(Cn3nc(C)c(Cl)c3C)c(-c3ccc(C)cc3)c2C)cc1. The number of aromatic nitrogens is 4. The van der Waals surface area contributed by atoms with Crippen LogP contribution in [0.5, 0.6) is 0 Å². The van der Waals surface area contributed by atoms with Crippen molar-refractivity contribution in [3.05, 3.63) is 81.6 Å². The summed E-state index contributed by atoms with van der Waals surface area (Å²) in [6.45, 7) is 10.8. The summed E-state index contributed by atoms with van der Waals surface area (Å²) in [5.41, 5.74) is 9.78. The second kappa shape index (κ2) is 7.53. The van der Waals surface area contributed by atoms with E-state index in [1.165, 1.54) is 11.1 Å². The van der Waals surface area contributed by atoms with Gasteiger partial charge >= 0.3 is 0 Å².